The lowest BCUT2D eigenvalue weighted by Crippen LogP contribution is -2.50. The molecule has 0 saturated carbocycles. The molecule has 6 aromatic carbocycles. The minimum absolute atomic E-state index is 0.0939. The van der Waals surface area contributed by atoms with Crippen molar-refractivity contribution >= 4 is 34.5 Å². The molecule has 4 nitrogen and oxygen atoms in total. The highest BCUT2D eigenvalue weighted by Crippen LogP contribution is 2.45. The maximum atomic E-state index is 5.20. The Balaban J connectivity index is 1.23. The van der Waals surface area contributed by atoms with Gasteiger partial charge in [-0.3, -0.25) is 4.98 Å². The van der Waals surface area contributed by atoms with Gasteiger partial charge in [-0.1, -0.05) is 164 Å². The zero-order valence-electron chi connectivity index (χ0n) is 28.3. The fourth-order valence-electron chi connectivity index (χ4n) is 7.77. The van der Waals surface area contributed by atoms with Gasteiger partial charge in [0.1, 0.15) is 0 Å². The van der Waals surface area contributed by atoms with Gasteiger partial charge in [0.25, 0.3) is 0 Å². The van der Waals surface area contributed by atoms with Crippen LogP contribution in [0.2, 0.25) is 0 Å². The molecule has 0 bridgehead atoms. The first-order valence-corrected chi connectivity index (χ1v) is 17.6. The number of fused-ring (bicyclic) bond motifs is 8. The molecule has 0 aliphatic carbocycles. The molecule has 0 unspecified atom stereocenters. The third-order valence-corrected chi connectivity index (χ3v) is 10.1. The molecule has 0 N–H and O–H groups in total. The van der Waals surface area contributed by atoms with Crippen molar-refractivity contribution in [2.75, 3.05) is 4.81 Å². The number of anilines is 1. The molecule has 0 atom stereocenters. The SMILES string of the molecule is C1=CC(c2nc(-c3ccccc3)cc(-c3ccccc3)n2)=CN2B1c1c(ccc(-c3ccccc3)c1-c1ccccc1)-c1ccc3cccnc3c12. The molecule has 0 fully saturated rings. The third-order valence-electron chi connectivity index (χ3n) is 10.1. The highest BCUT2D eigenvalue weighted by molar-refractivity contribution is 6.85. The Bertz CT molecular complexity index is 2620. The van der Waals surface area contributed by atoms with Crippen LogP contribution < -0.4 is 10.3 Å². The van der Waals surface area contributed by atoms with E-state index in [1.54, 1.807) is 0 Å². The second kappa shape index (κ2) is 12.5. The summed E-state index contributed by atoms with van der Waals surface area (Å²) in [6, 6.07) is 57.5. The molecular weight excluding hydrogens is 631 g/mol. The standard InChI is InChI=1S/C47H31BN4/c1-5-14-32(15-6-1)38-25-26-39-40-24-23-36-22-13-29-49-45(36)46(40)52-31-37(27-28-48(52)44(39)43(38)35-20-11-4-12-21-35)47-50-41(33-16-7-2-8-17-33)30-42(51-47)34-18-9-3-10-19-34/h1-31H. The van der Waals surface area contributed by atoms with Gasteiger partial charge < -0.3 is 4.81 Å². The molecule has 0 saturated heterocycles. The van der Waals surface area contributed by atoms with Gasteiger partial charge in [0.15, 0.2) is 5.82 Å². The molecule has 8 aromatic rings. The third kappa shape index (κ3) is 5.06. The van der Waals surface area contributed by atoms with E-state index in [0.717, 1.165) is 50.2 Å². The maximum Gasteiger partial charge on any atom is 0.321 e. The van der Waals surface area contributed by atoms with Crippen LogP contribution in [-0.4, -0.2) is 21.8 Å². The van der Waals surface area contributed by atoms with E-state index in [4.69, 9.17) is 15.0 Å². The van der Waals surface area contributed by atoms with Crippen molar-refractivity contribution in [1.29, 1.82) is 0 Å². The molecule has 0 radical (unpaired) electrons. The summed E-state index contributed by atoms with van der Waals surface area (Å²) in [6.45, 7) is -0.0939. The van der Waals surface area contributed by atoms with E-state index in [0.29, 0.717) is 5.82 Å². The van der Waals surface area contributed by atoms with Gasteiger partial charge in [0, 0.05) is 40.0 Å². The van der Waals surface area contributed by atoms with E-state index >= 15 is 0 Å². The van der Waals surface area contributed by atoms with E-state index in [-0.39, 0.29) is 6.85 Å². The lowest BCUT2D eigenvalue weighted by Gasteiger charge is -2.39. The summed E-state index contributed by atoms with van der Waals surface area (Å²) < 4.78 is 0. The zero-order chi connectivity index (χ0) is 34.4. The summed E-state index contributed by atoms with van der Waals surface area (Å²) in [5, 5.41) is 1.10. The highest BCUT2D eigenvalue weighted by Gasteiger charge is 2.38. The minimum Gasteiger partial charge on any atom is -0.381 e. The Morgan fingerprint density at radius 3 is 1.73 bits per heavy atom. The van der Waals surface area contributed by atoms with Crippen molar-refractivity contribution < 1.29 is 0 Å². The molecule has 52 heavy (non-hydrogen) atoms. The molecule has 0 amide bonds. The van der Waals surface area contributed by atoms with Gasteiger partial charge in [0.05, 0.1) is 22.6 Å². The molecule has 2 aromatic heterocycles. The fourth-order valence-corrected chi connectivity index (χ4v) is 7.77. The normalized spacial score (nSPS) is 13.0. The van der Waals surface area contributed by atoms with Crippen LogP contribution in [-0.2, 0) is 0 Å². The Kier molecular flexibility index (Phi) is 7.21. The first-order chi connectivity index (χ1) is 25.8. The molecule has 242 valence electrons. The first kappa shape index (κ1) is 30.0. The minimum atomic E-state index is -0.0939. The number of hydrogen-bond donors (Lipinski definition) is 0. The maximum absolute atomic E-state index is 5.20. The van der Waals surface area contributed by atoms with Crippen molar-refractivity contribution in [3.8, 4) is 55.9 Å². The fraction of sp³-hybridized carbons (Fsp3) is 0. The Morgan fingerprint density at radius 2 is 1.08 bits per heavy atom. The van der Waals surface area contributed by atoms with Crippen molar-refractivity contribution in [1.82, 2.24) is 15.0 Å². The summed E-state index contributed by atoms with van der Waals surface area (Å²) in [4.78, 5) is 17.8. The lowest BCUT2D eigenvalue weighted by atomic mass is 9.47. The highest BCUT2D eigenvalue weighted by atomic mass is 15.1. The smallest absolute Gasteiger partial charge is 0.321 e. The van der Waals surface area contributed by atoms with E-state index in [2.05, 4.69) is 169 Å². The average molecular weight is 663 g/mol. The van der Waals surface area contributed by atoms with Gasteiger partial charge in [0.2, 0.25) is 0 Å². The lowest BCUT2D eigenvalue weighted by molar-refractivity contribution is 1.13. The van der Waals surface area contributed by atoms with Crippen molar-refractivity contribution in [3.63, 3.8) is 0 Å². The van der Waals surface area contributed by atoms with Crippen LogP contribution in [0, 0.1) is 0 Å². The van der Waals surface area contributed by atoms with Gasteiger partial charge in [-0.2, -0.15) is 0 Å². The monoisotopic (exact) mass is 662 g/mol. The van der Waals surface area contributed by atoms with Gasteiger partial charge >= 0.3 is 6.85 Å². The van der Waals surface area contributed by atoms with Crippen LogP contribution in [0.4, 0.5) is 5.69 Å². The predicted octanol–water partition coefficient (Wildman–Crippen LogP) is 10.5. The quantitative estimate of drug-likeness (QED) is 0.172. The van der Waals surface area contributed by atoms with Crippen LogP contribution in [0.5, 0.6) is 0 Å². The number of aromatic nitrogens is 3. The summed E-state index contributed by atoms with van der Waals surface area (Å²) in [7, 11) is 0. The second-order valence-electron chi connectivity index (χ2n) is 13.2. The summed E-state index contributed by atoms with van der Waals surface area (Å²) in [5.74, 6) is 3.00. The number of rotatable bonds is 5. The Morgan fingerprint density at radius 1 is 0.500 bits per heavy atom. The van der Waals surface area contributed by atoms with Crippen molar-refractivity contribution in [3.05, 3.63) is 194 Å². The van der Waals surface area contributed by atoms with Gasteiger partial charge in [-0.25, -0.2) is 9.97 Å². The van der Waals surface area contributed by atoms with E-state index < -0.39 is 0 Å². The van der Waals surface area contributed by atoms with E-state index in [1.165, 1.54) is 33.3 Å². The molecule has 4 heterocycles. The number of pyridine rings is 1. The van der Waals surface area contributed by atoms with E-state index in [1.807, 2.05) is 24.4 Å². The van der Waals surface area contributed by atoms with Gasteiger partial charge in [-0.15, -0.1) is 0 Å². The summed E-state index contributed by atoms with van der Waals surface area (Å²) >= 11 is 0. The average Bonchev–Trinajstić information content (AvgIpc) is 3.24. The topological polar surface area (TPSA) is 41.9 Å². The van der Waals surface area contributed by atoms with Crippen molar-refractivity contribution in [2.24, 2.45) is 0 Å². The summed E-state index contributed by atoms with van der Waals surface area (Å²) in [6.07, 6.45) is 6.34. The van der Waals surface area contributed by atoms with Crippen LogP contribution in [0.3, 0.4) is 0 Å². The second-order valence-corrected chi connectivity index (χ2v) is 13.2. The molecular formula is C47H31BN4. The number of allylic oxidation sites excluding steroid dienone is 2. The summed E-state index contributed by atoms with van der Waals surface area (Å²) in [5.41, 5.74) is 15.3. The molecule has 2 aliphatic heterocycles. The molecule has 5 heteroatoms. The van der Waals surface area contributed by atoms with Crippen LogP contribution in [0.1, 0.15) is 5.82 Å². The van der Waals surface area contributed by atoms with Gasteiger partial charge in [-0.05, 0) is 45.4 Å². The zero-order valence-corrected chi connectivity index (χ0v) is 28.3. The Hall–Kier alpha value is -6.85. The number of nitrogens with zero attached hydrogens (tertiary/aromatic N) is 4. The molecule has 2 aliphatic rings. The van der Waals surface area contributed by atoms with Crippen molar-refractivity contribution in [2.45, 2.75) is 0 Å². The Labute approximate surface area is 303 Å². The largest absolute Gasteiger partial charge is 0.381 e. The molecule has 10 rings (SSSR count). The molecule has 0 spiro atoms. The van der Waals surface area contributed by atoms with Crippen LogP contribution in [0.15, 0.2) is 188 Å². The first-order valence-electron chi connectivity index (χ1n) is 17.6. The van der Waals surface area contributed by atoms with Crippen LogP contribution >= 0.6 is 0 Å². The van der Waals surface area contributed by atoms with E-state index in [9.17, 15) is 0 Å². The van der Waals surface area contributed by atoms with Crippen LogP contribution in [0.25, 0.3) is 72.4 Å². The number of hydrogen-bond acceptors (Lipinski definition) is 4. The number of benzene rings is 6. The predicted molar refractivity (Wildman–Crippen MR) is 216 cm³/mol.